The van der Waals surface area contributed by atoms with Crippen molar-refractivity contribution >= 4 is 11.8 Å². The highest BCUT2D eigenvalue weighted by Gasteiger charge is 2.36. The van der Waals surface area contributed by atoms with Gasteiger partial charge in [0.1, 0.15) is 5.92 Å². The summed E-state index contributed by atoms with van der Waals surface area (Å²) in [5.41, 5.74) is 5.18. The largest absolute Gasteiger partial charge is 0.381 e. The Morgan fingerprint density at radius 1 is 1.38 bits per heavy atom. The maximum absolute atomic E-state index is 11.8. The van der Waals surface area contributed by atoms with Crippen LogP contribution in [-0.4, -0.2) is 43.0 Å². The van der Waals surface area contributed by atoms with Gasteiger partial charge < -0.3 is 15.4 Å². The van der Waals surface area contributed by atoms with E-state index in [0.29, 0.717) is 18.9 Å². The lowest BCUT2D eigenvalue weighted by Gasteiger charge is -2.27. The number of nitrogens with two attached hydrogens (primary N) is 1. The monoisotopic (exact) mass is 226 g/mol. The van der Waals surface area contributed by atoms with Crippen molar-refractivity contribution in [3.63, 3.8) is 0 Å². The van der Waals surface area contributed by atoms with Crippen LogP contribution in [0, 0.1) is 11.8 Å². The number of likely N-dealkylation sites (tertiary alicyclic amines) is 1. The first-order valence-electron chi connectivity index (χ1n) is 5.84. The first-order valence-corrected chi connectivity index (χ1v) is 5.84. The average molecular weight is 226 g/mol. The molecule has 90 valence electrons. The zero-order valence-corrected chi connectivity index (χ0v) is 9.35. The minimum absolute atomic E-state index is 0.0843. The highest BCUT2D eigenvalue weighted by Crippen LogP contribution is 2.22. The zero-order valence-electron chi connectivity index (χ0n) is 9.35. The van der Waals surface area contributed by atoms with E-state index >= 15 is 0 Å². The fourth-order valence-corrected chi connectivity index (χ4v) is 2.42. The van der Waals surface area contributed by atoms with Crippen molar-refractivity contribution in [1.82, 2.24) is 4.90 Å². The van der Waals surface area contributed by atoms with Crippen LogP contribution in [0.25, 0.3) is 0 Å². The van der Waals surface area contributed by atoms with E-state index in [0.717, 1.165) is 32.6 Å². The van der Waals surface area contributed by atoms with E-state index in [-0.39, 0.29) is 5.91 Å². The number of ether oxygens (including phenoxy) is 1. The molecule has 0 aromatic heterocycles. The van der Waals surface area contributed by atoms with E-state index in [9.17, 15) is 9.59 Å². The molecule has 2 rings (SSSR count). The van der Waals surface area contributed by atoms with Crippen molar-refractivity contribution < 1.29 is 14.3 Å². The number of amides is 2. The molecule has 0 aliphatic carbocycles. The Hall–Kier alpha value is -1.10. The molecule has 2 N–H and O–H groups in total. The maximum Gasteiger partial charge on any atom is 0.235 e. The minimum Gasteiger partial charge on any atom is -0.381 e. The summed E-state index contributed by atoms with van der Waals surface area (Å²) in [6.45, 7) is 2.99. The molecule has 0 bridgehead atoms. The molecule has 2 amide bonds. The molecule has 16 heavy (non-hydrogen) atoms. The fraction of sp³-hybridized carbons (Fsp3) is 0.818. The molecule has 0 aromatic carbocycles. The van der Waals surface area contributed by atoms with E-state index in [1.165, 1.54) is 0 Å². The predicted octanol–water partition coefficient (Wildman–Crippen LogP) is -0.253. The summed E-state index contributed by atoms with van der Waals surface area (Å²) < 4.78 is 5.27. The summed E-state index contributed by atoms with van der Waals surface area (Å²) in [6.07, 6.45) is 2.59. The van der Waals surface area contributed by atoms with Crippen molar-refractivity contribution in [2.75, 3.05) is 26.3 Å². The van der Waals surface area contributed by atoms with Gasteiger partial charge in [-0.25, -0.2) is 0 Å². The van der Waals surface area contributed by atoms with Crippen LogP contribution in [0.5, 0.6) is 0 Å². The van der Waals surface area contributed by atoms with Crippen molar-refractivity contribution in [1.29, 1.82) is 0 Å². The molecule has 2 heterocycles. The Kier molecular flexibility index (Phi) is 3.43. The van der Waals surface area contributed by atoms with E-state index in [2.05, 4.69) is 0 Å². The molecule has 0 spiro atoms. The fourth-order valence-electron chi connectivity index (χ4n) is 2.42. The standard InChI is InChI=1S/C11H18N2O3/c12-10(14)9-1-4-13(11(9)15)7-8-2-5-16-6-3-8/h8-9H,1-7H2,(H2,12,14)/t9-/m0/s1. The number of carbonyl (C=O) groups excluding carboxylic acids is 2. The molecular weight excluding hydrogens is 208 g/mol. The van der Waals surface area contributed by atoms with Gasteiger partial charge in [0.05, 0.1) is 0 Å². The summed E-state index contributed by atoms with van der Waals surface area (Å²) in [5, 5.41) is 0. The first-order chi connectivity index (χ1) is 7.68. The van der Waals surface area contributed by atoms with Gasteiger partial charge in [-0.05, 0) is 25.2 Å². The maximum atomic E-state index is 11.8. The van der Waals surface area contributed by atoms with Crippen LogP contribution in [0.4, 0.5) is 0 Å². The average Bonchev–Trinajstić information content (AvgIpc) is 2.62. The van der Waals surface area contributed by atoms with E-state index in [1.807, 2.05) is 0 Å². The lowest BCUT2D eigenvalue weighted by Crippen LogP contribution is -2.37. The smallest absolute Gasteiger partial charge is 0.235 e. The molecule has 0 aromatic rings. The van der Waals surface area contributed by atoms with Crippen LogP contribution >= 0.6 is 0 Å². The molecule has 5 nitrogen and oxygen atoms in total. The van der Waals surface area contributed by atoms with Crippen LogP contribution in [0.15, 0.2) is 0 Å². The number of rotatable bonds is 3. The molecule has 2 aliphatic rings. The predicted molar refractivity (Wildman–Crippen MR) is 57.4 cm³/mol. The molecule has 2 fully saturated rings. The van der Waals surface area contributed by atoms with Crippen molar-refractivity contribution in [3.05, 3.63) is 0 Å². The molecule has 2 aliphatic heterocycles. The molecule has 5 heteroatoms. The van der Waals surface area contributed by atoms with E-state index < -0.39 is 11.8 Å². The molecule has 0 unspecified atom stereocenters. The third-order valence-corrected chi connectivity index (χ3v) is 3.46. The molecule has 1 atom stereocenters. The van der Waals surface area contributed by atoms with Crippen LogP contribution < -0.4 is 5.73 Å². The normalized spacial score (nSPS) is 27.4. The number of hydrogen-bond donors (Lipinski definition) is 1. The van der Waals surface area contributed by atoms with Gasteiger partial charge in [0.2, 0.25) is 11.8 Å². The lowest BCUT2D eigenvalue weighted by molar-refractivity contribution is -0.137. The summed E-state index contributed by atoms with van der Waals surface area (Å²) in [6, 6.07) is 0. The second-order valence-corrected chi connectivity index (χ2v) is 4.58. The number of hydrogen-bond acceptors (Lipinski definition) is 3. The van der Waals surface area contributed by atoms with Crippen LogP contribution in [0.3, 0.4) is 0 Å². The van der Waals surface area contributed by atoms with Crippen molar-refractivity contribution in [2.24, 2.45) is 17.6 Å². The van der Waals surface area contributed by atoms with Gasteiger partial charge in [-0.1, -0.05) is 0 Å². The number of carbonyl (C=O) groups is 2. The third kappa shape index (κ3) is 2.35. The summed E-state index contributed by atoms with van der Waals surface area (Å²) in [7, 11) is 0. The third-order valence-electron chi connectivity index (χ3n) is 3.46. The van der Waals surface area contributed by atoms with Crippen LogP contribution in [-0.2, 0) is 14.3 Å². The Labute approximate surface area is 94.9 Å². The minimum atomic E-state index is -0.583. The topological polar surface area (TPSA) is 72.6 Å². The molecule has 0 radical (unpaired) electrons. The lowest BCUT2D eigenvalue weighted by atomic mass is 10.00. The van der Waals surface area contributed by atoms with Gasteiger partial charge in [0.15, 0.2) is 0 Å². The molecule has 2 saturated heterocycles. The molecular formula is C11H18N2O3. The Bertz CT molecular complexity index is 287. The second kappa shape index (κ2) is 4.82. The van der Waals surface area contributed by atoms with Crippen LogP contribution in [0.1, 0.15) is 19.3 Å². The molecule has 0 saturated carbocycles. The summed E-state index contributed by atoms with van der Waals surface area (Å²) >= 11 is 0. The highest BCUT2D eigenvalue weighted by molar-refractivity contribution is 6.00. The summed E-state index contributed by atoms with van der Waals surface area (Å²) in [5.74, 6) is -0.636. The summed E-state index contributed by atoms with van der Waals surface area (Å²) in [4.78, 5) is 24.6. The van der Waals surface area contributed by atoms with Gasteiger partial charge >= 0.3 is 0 Å². The Morgan fingerprint density at radius 2 is 2.06 bits per heavy atom. The Morgan fingerprint density at radius 3 is 2.62 bits per heavy atom. The number of nitrogens with zero attached hydrogens (tertiary/aromatic N) is 1. The van der Waals surface area contributed by atoms with Gasteiger partial charge in [-0.15, -0.1) is 0 Å². The first kappa shape index (κ1) is 11.4. The second-order valence-electron chi connectivity index (χ2n) is 4.58. The van der Waals surface area contributed by atoms with Gasteiger partial charge in [0.25, 0.3) is 0 Å². The van der Waals surface area contributed by atoms with Gasteiger partial charge in [-0.3, -0.25) is 9.59 Å². The highest BCUT2D eigenvalue weighted by atomic mass is 16.5. The quantitative estimate of drug-likeness (QED) is 0.674. The van der Waals surface area contributed by atoms with Gasteiger partial charge in [-0.2, -0.15) is 0 Å². The van der Waals surface area contributed by atoms with Gasteiger partial charge in [0, 0.05) is 26.3 Å². The zero-order chi connectivity index (χ0) is 11.5. The van der Waals surface area contributed by atoms with Crippen molar-refractivity contribution in [3.8, 4) is 0 Å². The van der Waals surface area contributed by atoms with Crippen molar-refractivity contribution in [2.45, 2.75) is 19.3 Å². The van der Waals surface area contributed by atoms with Crippen LogP contribution in [0.2, 0.25) is 0 Å². The SMILES string of the molecule is NC(=O)[C@@H]1CCN(CC2CCOCC2)C1=O. The van der Waals surface area contributed by atoms with E-state index in [4.69, 9.17) is 10.5 Å². The number of primary amides is 1. The Balaban J connectivity index is 1.86. The van der Waals surface area contributed by atoms with E-state index in [1.54, 1.807) is 4.90 Å².